The number of benzene rings is 1. The van der Waals surface area contributed by atoms with E-state index < -0.39 is 0 Å². The quantitative estimate of drug-likeness (QED) is 0.943. The Labute approximate surface area is 136 Å². The van der Waals surface area contributed by atoms with Gasteiger partial charge < -0.3 is 10.2 Å². The minimum absolute atomic E-state index is 0.0826. The molecule has 0 radical (unpaired) electrons. The van der Waals surface area contributed by atoms with E-state index in [1.165, 1.54) is 24.0 Å². The molecule has 0 atom stereocenters. The standard InChI is InChI=1S/C19H21N3O/c23-19(22-11-1-2-12-22)17-7-4-10-20-18(17)21-16-9-8-14-5-3-6-15(14)13-16/h4,7-10,13H,1-3,5-6,11-12H2,(H,20,21). The summed E-state index contributed by atoms with van der Waals surface area (Å²) in [6, 6.07) is 10.2. The Morgan fingerprint density at radius 3 is 2.74 bits per heavy atom. The van der Waals surface area contributed by atoms with Crippen LogP contribution in [0.4, 0.5) is 11.5 Å². The summed E-state index contributed by atoms with van der Waals surface area (Å²) in [5.41, 5.74) is 4.54. The van der Waals surface area contributed by atoms with Gasteiger partial charge in [0.25, 0.3) is 5.91 Å². The fraction of sp³-hybridized carbons (Fsp3) is 0.368. The minimum atomic E-state index is 0.0826. The third kappa shape index (κ3) is 2.81. The van der Waals surface area contributed by atoms with E-state index in [1.54, 1.807) is 6.20 Å². The summed E-state index contributed by atoms with van der Waals surface area (Å²) >= 11 is 0. The van der Waals surface area contributed by atoms with E-state index in [2.05, 4.69) is 28.5 Å². The van der Waals surface area contributed by atoms with Gasteiger partial charge in [-0.2, -0.15) is 0 Å². The molecule has 1 aliphatic heterocycles. The fourth-order valence-electron chi connectivity index (χ4n) is 3.55. The van der Waals surface area contributed by atoms with Crippen molar-refractivity contribution in [2.45, 2.75) is 32.1 Å². The minimum Gasteiger partial charge on any atom is -0.340 e. The van der Waals surface area contributed by atoms with Crippen LogP contribution in [0.15, 0.2) is 36.5 Å². The lowest BCUT2D eigenvalue weighted by atomic mass is 10.1. The molecule has 2 heterocycles. The fourth-order valence-corrected chi connectivity index (χ4v) is 3.55. The van der Waals surface area contributed by atoms with E-state index >= 15 is 0 Å². The third-order valence-corrected chi connectivity index (χ3v) is 4.79. The molecule has 1 saturated heterocycles. The van der Waals surface area contributed by atoms with Crippen LogP contribution in [0, 0.1) is 0 Å². The summed E-state index contributed by atoms with van der Waals surface area (Å²) in [6.07, 6.45) is 7.49. The van der Waals surface area contributed by atoms with Crippen molar-refractivity contribution < 1.29 is 4.79 Å². The van der Waals surface area contributed by atoms with E-state index in [4.69, 9.17) is 0 Å². The predicted molar refractivity (Wildman–Crippen MR) is 91.1 cm³/mol. The smallest absolute Gasteiger partial charge is 0.257 e. The Morgan fingerprint density at radius 2 is 1.87 bits per heavy atom. The van der Waals surface area contributed by atoms with E-state index in [-0.39, 0.29) is 5.91 Å². The molecule has 2 aliphatic rings. The molecular formula is C19H21N3O. The van der Waals surface area contributed by atoms with Crippen LogP contribution in [-0.2, 0) is 12.8 Å². The van der Waals surface area contributed by atoms with E-state index in [1.807, 2.05) is 17.0 Å². The predicted octanol–water partition coefficient (Wildman–Crippen LogP) is 3.55. The average molecular weight is 307 g/mol. The molecule has 4 nitrogen and oxygen atoms in total. The first-order chi connectivity index (χ1) is 11.3. The second kappa shape index (κ2) is 6.03. The highest BCUT2D eigenvalue weighted by Crippen LogP contribution is 2.27. The molecule has 0 bridgehead atoms. The molecule has 1 aliphatic carbocycles. The molecule has 1 amide bonds. The summed E-state index contributed by atoms with van der Waals surface area (Å²) in [5.74, 6) is 0.738. The van der Waals surface area contributed by atoms with Gasteiger partial charge >= 0.3 is 0 Å². The number of rotatable bonds is 3. The number of carbonyl (C=O) groups excluding carboxylic acids is 1. The van der Waals surface area contributed by atoms with Crippen molar-refractivity contribution in [1.29, 1.82) is 0 Å². The first-order valence-electron chi connectivity index (χ1n) is 8.44. The van der Waals surface area contributed by atoms with E-state index in [9.17, 15) is 4.79 Å². The Kier molecular flexibility index (Phi) is 3.74. The number of anilines is 2. The Hall–Kier alpha value is -2.36. The summed E-state index contributed by atoms with van der Waals surface area (Å²) in [5, 5.41) is 3.35. The molecule has 0 saturated carbocycles. The van der Waals surface area contributed by atoms with Gasteiger partial charge in [0.2, 0.25) is 0 Å². The van der Waals surface area contributed by atoms with Crippen LogP contribution in [0.2, 0.25) is 0 Å². The summed E-state index contributed by atoms with van der Waals surface area (Å²) < 4.78 is 0. The van der Waals surface area contributed by atoms with Crippen LogP contribution < -0.4 is 5.32 Å². The van der Waals surface area contributed by atoms with Crippen molar-refractivity contribution in [3.8, 4) is 0 Å². The lowest BCUT2D eigenvalue weighted by Gasteiger charge is -2.17. The van der Waals surface area contributed by atoms with Gasteiger partial charge in [-0.05, 0) is 67.5 Å². The number of aryl methyl sites for hydroxylation is 2. The highest BCUT2D eigenvalue weighted by molar-refractivity contribution is 5.99. The maximum atomic E-state index is 12.7. The van der Waals surface area contributed by atoms with Crippen LogP contribution in [0.25, 0.3) is 0 Å². The van der Waals surface area contributed by atoms with Gasteiger partial charge in [0.1, 0.15) is 5.82 Å². The second-order valence-electron chi connectivity index (χ2n) is 6.36. The molecule has 1 fully saturated rings. The normalized spacial score (nSPS) is 16.4. The molecule has 23 heavy (non-hydrogen) atoms. The number of likely N-dealkylation sites (tertiary alicyclic amines) is 1. The van der Waals surface area contributed by atoms with Crippen molar-refractivity contribution in [1.82, 2.24) is 9.88 Å². The number of hydrogen-bond acceptors (Lipinski definition) is 3. The number of pyridine rings is 1. The van der Waals surface area contributed by atoms with E-state index in [0.717, 1.165) is 38.0 Å². The van der Waals surface area contributed by atoms with Crippen LogP contribution in [0.1, 0.15) is 40.7 Å². The monoisotopic (exact) mass is 307 g/mol. The molecule has 1 N–H and O–H groups in total. The molecular weight excluding hydrogens is 286 g/mol. The topological polar surface area (TPSA) is 45.2 Å². The highest BCUT2D eigenvalue weighted by atomic mass is 16.2. The maximum Gasteiger partial charge on any atom is 0.257 e. The van der Waals surface area contributed by atoms with Crippen molar-refractivity contribution in [3.63, 3.8) is 0 Å². The molecule has 2 aromatic rings. The van der Waals surface area contributed by atoms with Gasteiger partial charge in [-0.3, -0.25) is 4.79 Å². The number of carbonyl (C=O) groups is 1. The summed E-state index contributed by atoms with van der Waals surface area (Å²) in [4.78, 5) is 19.0. The average Bonchev–Trinajstić information content (AvgIpc) is 3.26. The van der Waals surface area contributed by atoms with Crippen molar-refractivity contribution in [2.75, 3.05) is 18.4 Å². The second-order valence-corrected chi connectivity index (χ2v) is 6.36. The lowest BCUT2D eigenvalue weighted by Crippen LogP contribution is -2.28. The van der Waals surface area contributed by atoms with Crippen molar-refractivity contribution >= 4 is 17.4 Å². The van der Waals surface area contributed by atoms with Gasteiger partial charge in [-0.1, -0.05) is 6.07 Å². The van der Waals surface area contributed by atoms with Crippen molar-refractivity contribution in [3.05, 3.63) is 53.2 Å². The molecule has 118 valence electrons. The largest absolute Gasteiger partial charge is 0.340 e. The highest BCUT2D eigenvalue weighted by Gasteiger charge is 2.22. The molecule has 4 heteroatoms. The Bertz CT molecular complexity index is 735. The number of amides is 1. The van der Waals surface area contributed by atoms with Crippen LogP contribution >= 0.6 is 0 Å². The molecule has 1 aromatic heterocycles. The summed E-state index contributed by atoms with van der Waals surface area (Å²) in [7, 11) is 0. The SMILES string of the molecule is O=C(c1cccnc1Nc1ccc2c(c1)CCC2)N1CCCC1. The number of hydrogen-bond donors (Lipinski definition) is 1. The summed E-state index contributed by atoms with van der Waals surface area (Å²) in [6.45, 7) is 1.71. The van der Waals surface area contributed by atoms with Crippen LogP contribution in [0.5, 0.6) is 0 Å². The van der Waals surface area contributed by atoms with Gasteiger partial charge in [0.05, 0.1) is 5.56 Å². The Morgan fingerprint density at radius 1 is 1.04 bits per heavy atom. The Balaban J connectivity index is 1.60. The number of nitrogens with one attached hydrogen (secondary N) is 1. The zero-order valence-electron chi connectivity index (χ0n) is 13.2. The lowest BCUT2D eigenvalue weighted by molar-refractivity contribution is 0.0793. The van der Waals surface area contributed by atoms with E-state index in [0.29, 0.717) is 11.4 Å². The van der Waals surface area contributed by atoms with Crippen molar-refractivity contribution in [2.24, 2.45) is 0 Å². The number of nitrogens with zero attached hydrogens (tertiary/aromatic N) is 2. The van der Waals surface area contributed by atoms with Gasteiger partial charge in [-0.25, -0.2) is 4.98 Å². The zero-order chi connectivity index (χ0) is 15.6. The molecule has 4 rings (SSSR count). The first kappa shape index (κ1) is 14.2. The molecule has 1 aromatic carbocycles. The maximum absolute atomic E-state index is 12.7. The zero-order valence-corrected chi connectivity index (χ0v) is 13.2. The number of fused-ring (bicyclic) bond motifs is 1. The molecule has 0 spiro atoms. The number of aromatic nitrogens is 1. The third-order valence-electron chi connectivity index (χ3n) is 4.79. The van der Waals surface area contributed by atoms with Crippen LogP contribution in [-0.4, -0.2) is 28.9 Å². The van der Waals surface area contributed by atoms with Crippen LogP contribution in [0.3, 0.4) is 0 Å². The molecule has 0 unspecified atom stereocenters. The first-order valence-corrected chi connectivity index (χ1v) is 8.44. The van der Waals surface area contributed by atoms with Gasteiger partial charge in [0, 0.05) is 25.0 Å². The van der Waals surface area contributed by atoms with Gasteiger partial charge in [0.15, 0.2) is 0 Å². The van der Waals surface area contributed by atoms with Gasteiger partial charge in [-0.15, -0.1) is 0 Å².